The van der Waals surface area contributed by atoms with Gasteiger partial charge in [0.1, 0.15) is 5.78 Å². The van der Waals surface area contributed by atoms with Gasteiger partial charge in [-0.3, -0.25) is 9.59 Å². The molecule has 4 fully saturated rings. The van der Waals surface area contributed by atoms with Crippen molar-refractivity contribution in [3.05, 3.63) is 35.9 Å². The van der Waals surface area contributed by atoms with E-state index in [1.807, 2.05) is 30.3 Å². The van der Waals surface area contributed by atoms with Crippen molar-refractivity contribution in [1.29, 1.82) is 0 Å². The molecule has 4 heteroatoms. The van der Waals surface area contributed by atoms with Crippen molar-refractivity contribution in [3.8, 4) is 0 Å². The van der Waals surface area contributed by atoms with E-state index in [2.05, 4.69) is 4.74 Å². The zero-order chi connectivity index (χ0) is 14.5. The van der Waals surface area contributed by atoms with E-state index in [4.69, 9.17) is 0 Å². The molecule has 106 valence electrons. The number of carbonyl (C=O) groups excluding carboxylic acids is 3. The maximum absolute atomic E-state index is 12.7. The lowest BCUT2D eigenvalue weighted by Crippen LogP contribution is -2.38. The molecule has 1 aromatic rings. The van der Waals surface area contributed by atoms with E-state index in [1.165, 1.54) is 7.11 Å². The average molecular weight is 282 g/mol. The van der Waals surface area contributed by atoms with Crippen molar-refractivity contribution >= 4 is 17.5 Å². The van der Waals surface area contributed by atoms with Gasteiger partial charge in [0.05, 0.1) is 12.5 Å². The highest BCUT2D eigenvalue weighted by Crippen LogP contribution is 2.90. The predicted molar refractivity (Wildman–Crippen MR) is 71.1 cm³/mol. The molecule has 4 aliphatic rings. The number of ether oxygens (including phenoxy) is 1. The molecule has 5 rings (SSSR count). The van der Waals surface area contributed by atoms with Crippen molar-refractivity contribution in [2.24, 2.45) is 35.5 Å². The Balaban J connectivity index is 1.59. The standard InChI is InChI=1S/C17H14O4/c1-21-16(20)14(18)11-8-9-10(8)15(19)17(12(9)13(11)17)7-5-3-2-4-6-7/h2-6,8-13H,1H3/t8?,9-,10?,11-,12+,13?,17?/m0/s1. The van der Waals surface area contributed by atoms with Crippen LogP contribution >= 0.6 is 0 Å². The van der Waals surface area contributed by atoms with Crippen molar-refractivity contribution < 1.29 is 19.1 Å². The smallest absolute Gasteiger partial charge is 0.374 e. The van der Waals surface area contributed by atoms with Crippen LogP contribution in [0.3, 0.4) is 0 Å². The van der Waals surface area contributed by atoms with Gasteiger partial charge in [-0.25, -0.2) is 4.79 Å². The fourth-order valence-corrected chi connectivity index (χ4v) is 5.79. The van der Waals surface area contributed by atoms with Gasteiger partial charge in [-0.05, 0) is 29.2 Å². The SMILES string of the molecule is COC(=O)C(=O)[C@H]1C2C3C(=O)C4(c5ccccc5)C1[C@H]4[C@H]32. The first kappa shape index (κ1) is 11.7. The van der Waals surface area contributed by atoms with Crippen molar-refractivity contribution in [1.82, 2.24) is 0 Å². The number of rotatable bonds is 3. The molecular formula is C17H14O4. The van der Waals surface area contributed by atoms with Crippen LogP contribution < -0.4 is 0 Å². The molecule has 0 N–H and O–H groups in total. The number of hydrogen-bond acceptors (Lipinski definition) is 4. The number of methoxy groups -OCH3 is 1. The molecule has 4 aliphatic carbocycles. The normalized spacial score (nSPS) is 47.0. The Labute approximate surface area is 121 Å². The Morgan fingerprint density at radius 3 is 2.43 bits per heavy atom. The van der Waals surface area contributed by atoms with Crippen LogP contribution in [0.5, 0.6) is 0 Å². The second-order valence-corrected chi connectivity index (χ2v) is 6.71. The van der Waals surface area contributed by atoms with E-state index in [9.17, 15) is 14.4 Å². The summed E-state index contributed by atoms with van der Waals surface area (Å²) in [7, 11) is 1.24. The molecule has 0 aromatic heterocycles. The van der Waals surface area contributed by atoms with Crippen LogP contribution in [-0.4, -0.2) is 24.6 Å². The first-order valence-electron chi connectivity index (χ1n) is 7.37. The summed E-state index contributed by atoms with van der Waals surface area (Å²) in [6, 6.07) is 9.76. The Morgan fingerprint density at radius 2 is 1.81 bits per heavy atom. The quantitative estimate of drug-likeness (QED) is 0.612. The number of esters is 1. The second-order valence-electron chi connectivity index (χ2n) is 6.71. The summed E-state index contributed by atoms with van der Waals surface area (Å²) in [4.78, 5) is 36.7. The van der Waals surface area contributed by atoms with Crippen LogP contribution in [0.15, 0.2) is 30.3 Å². The van der Waals surface area contributed by atoms with E-state index < -0.39 is 17.2 Å². The van der Waals surface area contributed by atoms with Crippen molar-refractivity contribution in [2.75, 3.05) is 7.11 Å². The minimum absolute atomic E-state index is 0.0128. The van der Waals surface area contributed by atoms with Crippen LogP contribution in [0.25, 0.3) is 0 Å². The van der Waals surface area contributed by atoms with Crippen LogP contribution in [0.1, 0.15) is 5.56 Å². The number of ketones is 2. The van der Waals surface area contributed by atoms with E-state index in [1.54, 1.807) is 0 Å². The van der Waals surface area contributed by atoms with Gasteiger partial charge in [0.15, 0.2) is 0 Å². The number of Topliss-reactive ketones (excluding diaryl/α,β-unsaturated/α-hetero) is 2. The fourth-order valence-electron chi connectivity index (χ4n) is 5.79. The number of carbonyl (C=O) groups is 3. The van der Waals surface area contributed by atoms with Gasteiger partial charge >= 0.3 is 5.97 Å². The van der Waals surface area contributed by atoms with Crippen LogP contribution in [0, 0.1) is 35.5 Å². The highest BCUT2D eigenvalue weighted by molar-refractivity contribution is 6.35. The third-order valence-electron chi connectivity index (χ3n) is 6.33. The van der Waals surface area contributed by atoms with Gasteiger partial charge in [0.2, 0.25) is 5.78 Å². The van der Waals surface area contributed by atoms with Crippen LogP contribution in [0.2, 0.25) is 0 Å². The molecule has 0 saturated heterocycles. The average Bonchev–Trinajstić information content (AvgIpc) is 3.36. The highest BCUT2D eigenvalue weighted by Gasteiger charge is 2.95. The minimum Gasteiger partial charge on any atom is -0.463 e. The molecule has 1 aromatic carbocycles. The number of benzene rings is 1. The van der Waals surface area contributed by atoms with Gasteiger partial charge in [-0.2, -0.15) is 0 Å². The summed E-state index contributed by atoms with van der Waals surface area (Å²) in [6.07, 6.45) is 0. The molecule has 0 bridgehead atoms. The molecule has 0 amide bonds. The summed E-state index contributed by atoms with van der Waals surface area (Å²) in [5.41, 5.74) is 0.554. The first-order chi connectivity index (χ1) is 10.2. The van der Waals surface area contributed by atoms with Gasteiger partial charge in [0, 0.05) is 11.8 Å². The van der Waals surface area contributed by atoms with E-state index in [-0.39, 0.29) is 29.6 Å². The molecular weight excluding hydrogens is 268 g/mol. The molecule has 0 heterocycles. The zero-order valence-electron chi connectivity index (χ0n) is 11.5. The third kappa shape index (κ3) is 1.00. The first-order valence-corrected chi connectivity index (χ1v) is 7.37. The Kier molecular flexibility index (Phi) is 1.81. The molecule has 4 unspecified atom stereocenters. The summed E-state index contributed by atoms with van der Waals surface area (Å²) >= 11 is 0. The van der Waals surface area contributed by atoms with Gasteiger partial charge < -0.3 is 4.74 Å². The molecule has 21 heavy (non-hydrogen) atoms. The fraction of sp³-hybridized carbons (Fsp3) is 0.471. The maximum Gasteiger partial charge on any atom is 0.374 e. The van der Waals surface area contributed by atoms with Crippen LogP contribution in [-0.2, 0) is 24.5 Å². The van der Waals surface area contributed by atoms with Gasteiger partial charge in [-0.15, -0.1) is 0 Å². The minimum atomic E-state index is -0.756. The zero-order valence-corrected chi connectivity index (χ0v) is 11.5. The lowest BCUT2D eigenvalue weighted by molar-refractivity contribution is -0.154. The van der Waals surface area contributed by atoms with Crippen molar-refractivity contribution in [2.45, 2.75) is 5.41 Å². The lowest BCUT2D eigenvalue weighted by Gasteiger charge is -2.26. The summed E-state index contributed by atoms with van der Waals surface area (Å²) in [5.74, 6) is -0.395. The largest absolute Gasteiger partial charge is 0.463 e. The second kappa shape index (κ2) is 3.26. The molecule has 4 nitrogen and oxygen atoms in total. The van der Waals surface area contributed by atoms with Crippen LogP contribution in [0.4, 0.5) is 0 Å². The number of fused-ring (bicyclic) bond motifs is 2. The van der Waals surface area contributed by atoms with E-state index >= 15 is 0 Å². The van der Waals surface area contributed by atoms with E-state index in [0.29, 0.717) is 11.7 Å². The number of hydrogen-bond donors (Lipinski definition) is 0. The lowest BCUT2D eigenvalue weighted by atomic mass is 9.75. The highest BCUT2D eigenvalue weighted by atomic mass is 16.5. The molecule has 0 radical (unpaired) electrons. The Bertz CT molecular complexity index is 709. The molecule has 7 atom stereocenters. The Morgan fingerprint density at radius 1 is 1.10 bits per heavy atom. The summed E-state index contributed by atoms with van der Waals surface area (Å²) in [6.45, 7) is 0. The maximum atomic E-state index is 12.7. The summed E-state index contributed by atoms with van der Waals surface area (Å²) in [5, 5.41) is 0. The van der Waals surface area contributed by atoms with Gasteiger partial charge in [-0.1, -0.05) is 30.3 Å². The molecule has 0 spiro atoms. The summed E-state index contributed by atoms with van der Waals surface area (Å²) < 4.78 is 4.60. The molecule has 0 aliphatic heterocycles. The Hall–Kier alpha value is -1.97. The van der Waals surface area contributed by atoms with E-state index in [0.717, 1.165) is 5.56 Å². The third-order valence-corrected chi connectivity index (χ3v) is 6.33. The topological polar surface area (TPSA) is 60.4 Å². The monoisotopic (exact) mass is 282 g/mol. The van der Waals surface area contributed by atoms with Crippen molar-refractivity contribution in [3.63, 3.8) is 0 Å². The molecule has 4 saturated carbocycles. The predicted octanol–water partition coefficient (Wildman–Crippen LogP) is 0.987. The van der Waals surface area contributed by atoms with Gasteiger partial charge in [0.25, 0.3) is 0 Å².